The topological polar surface area (TPSA) is 95.6 Å². The molecule has 2 aromatic carbocycles. The molecule has 0 saturated carbocycles. The van der Waals surface area contributed by atoms with Crippen molar-refractivity contribution in [3.63, 3.8) is 0 Å². The average molecular weight is 500 g/mol. The van der Waals surface area contributed by atoms with Crippen LogP contribution < -0.4 is 10.1 Å². The molecule has 174 valence electrons. The molecule has 4 rings (SSSR count). The highest BCUT2D eigenvalue weighted by atomic mass is 35.5. The number of ether oxygens (including phenoxy) is 2. The molecule has 0 spiro atoms. The van der Waals surface area contributed by atoms with Gasteiger partial charge in [-0.3, -0.25) is 9.48 Å². The van der Waals surface area contributed by atoms with E-state index in [9.17, 15) is 9.59 Å². The summed E-state index contributed by atoms with van der Waals surface area (Å²) in [4.78, 5) is 24.1. The van der Waals surface area contributed by atoms with Crippen LogP contribution in [-0.4, -0.2) is 28.8 Å². The number of furan rings is 1. The van der Waals surface area contributed by atoms with E-state index in [0.717, 1.165) is 5.56 Å². The molecular weight excluding hydrogens is 481 g/mol. The third-order valence-corrected chi connectivity index (χ3v) is 5.28. The van der Waals surface area contributed by atoms with Crippen molar-refractivity contribution in [2.75, 3.05) is 12.4 Å². The number of aromatic nitrogens is 2. The molecular formula is C24H19Cl2N3O5. The second-order valence-corrected chi connectivity index (χ2v) is 8.02. The molecule has 0 fully saturated rings. The molecule has 8 nitrogen and oxygen atoms in total. The molecule has 2 aromatic heterocycles. The Hall–Kier alpha value is -3.75. The first-order chi connectivity index (χ1) is 16.4. The summed E-state index contributed by atoms with van der Waals surface area (Å²) in [6.07, 6.45) is 1.62. The zero-order valence-electron chi connectivity index (χ0n) is 18.0. The van der Waals surface area contributed by atoms with Crippen LogP contribution in [0.3, 0.4) is 0 Å². The van der Waals surface area contributed by atoms with Gasteiger partial charge in [-0.2, -0.15) is 5.10 Å². The smallest absolute Gasteiger partial charge is 0.337 e. The molecule has 0 saturated heterocycles. The van der Waals surface area contributed by atoms with Gasteiger partial charge in [0.2, 0.25) is 0 Å². The van der Waals surface area contributed by atoms with E-state index in [1.165, 1.54) is 13.2 Å². The molecule has 0 aliphatic carbocycles. The van der Waals surface area contributed by atoms with Gasteiger partial charge in [-0.15, -0.1) is 0 Å². The minimum atomic E-state index is -0.493. The number of rotatable bonds is 8. The van der Waals surface area contributed by atoms with Crippen LogP contribution >= 0.6 is 23.2 Å². The first-order valence-electron chi connectivity index (χ1n) is 10.1. The van der Waals surface area contributed by atoms with E-state index in [-0.39, 0.29) is 18.2 Å². The number of nitrogens with one attached hydrogen (secondary N) is 1. The quantitative estimate of drug-likeness (QED) is 0.324. The number of carbonyl (C=O) groups is 2. The number of carbonyl (C=O) groups excluding carboxylic acids is 2. The van der Waals surface area contributed by atoms with Crippen molar-refractivity contribution in [1.82, 2.24) is 9.78 Å². The number of esters is 1. The molecule has 10 heteroatoms. The highest BCUT2D eigenvalue weighted by molar-refractivity contribution is 6.33. The van der Waals surface area contributed by atoms with Crippen molar-refractivity contribution >= 4 is 40.9 Å². The predicted octanol–water partition coefficient (Wildman–Crippen LogP) is 5.45. The fourth-order valence-corrected chi connectivity index (χ4v) is 3.37. The summed E-state index contributed by atoms with van der Waals surface area (Å²) in [7, 11) is 1.32. The largest absolute Gasteiger partial charge is 0.486 e. The third-order valence-electron chi connectivity index (χ3n) is 4.75. The maximum absolute atomic E-state index is 12.6. The molecule has 1 N–H and O–H groups in total. The molecule has 0 unspecified atom stereocenters. The summed E-state index contributed by atoms with van der Waals surface area (Å²) in [5.74, 6) is 0.369. The Labute approximate surface area is 205 Å². The van der Waals surface area contributed by atoms with E-state index in [2.05, 4.69) is 15.2 Å². The van der Waals surface area contributed by atoms with E-state index in [1.54, 1.807) is 53.3 Å². The van der Waals surface area contributed by atoms with Crippen LogP contribution in [0.15, 0.2) is 71.3 Å². The van der Waals surface area contributed by atoms with E-state index in [0.29, 0.717) is 33.7 Å². The van der Waals surface area contributed by atoms with Crippen LogP contribution in [-0.2, 0) is 17.9 Å². The fourth-order valence-electron chi connectivity index (χ4n) is 3.05. The maximum atomic E-state index is 12.6. The van der Waals surface area contributed by atoms with Gasteiger partial charge in [-0.05, 0) is 54.1 Å². The Morgan fingerprint density at radius 3 is 2.47 bits per heavy atom. The summed E-state index contributed by atoms with van der Waals surface area (Å²) < 4.78 is 17.5. The van der Waals surface area contributed by atoms with E-state index in [4.69, 9.17) is 32.4 Å². The summed E-state index contributed by atoms with van der Waals surface area (Å²) in [5, 5.41) is 7.92. The molecule has 0 atom stereocenters. The standard InChI is InChI=1S/C24H19Cl2N3O5/c1-32-24(31)16-4-8-18(9-5-16)33-14-19-10-11-21(34-19)23(30)27-22-20(26)13-29(28-22)12-15-2-6-17(25)7-3-15/h2-11,13H,12,14H2,1H3,(H,27,28,30). The van der Waals surface area contributed by atoms with Crippen LogP contribution in [0.2, 0.25) is 10.0 Å². The summed E-state index contributed by atoms with van der Waals surface area (Å²) in [5.41, 5.74) is 1.40. The Bertz CT molecular complexity index is 1300. The summed E-state index contributed by atoms with van der Waals surface area (Å²) >= 11 is 12.1. The van der Waals surface area contributed by atoms with Gasteiger partial charge in [0, 0.05) is 11.2 Å². The number of halogens is 2. The Kier molecular flexibility index (Phi) is 7.20. The van der Waals surface area contributed by atoms with Gasteiger partial charge in [0.25, 0.3) is 5.91 Å². The molecule has 0 aliphatic heterocycles. The molecule has 34 heavy (non-hydrogen) atoms. The van der Waals surface area contributed by atoms with Crippen molar-refractivity contribution in [3.8, 4) is 5.75 Å². The lowest BCUT2D eigenvalue weighted by atomic mass is 10.2. The maximum Gasteiger partial charge on any atom is 0.337 e. The monoisotopic (exact) mass is 499 g/mol. The highest BCUT2D eigenvalue weighted by Gasteiger charge is 2.16. The van der Waals surface area contributed by atoms with Gasteiger partial charge in [-0.25, -0.2) is 4.79 Å². The first-order valence-corrected chi connectivity index (χ1v) is 10.9. The number of nitrogens with zero attached hydrogens (tertiary/aromatic N) is 2. The van der Waals surface area contributed by atoms with Crippen LogP contribution in [0.1, 0.15) is 32.2 Å². The average Bonchev–Trinajstić information content (AvgIpc) is 3.45. The SMILES string of the molecule is COC(=O)c1ccc(OCc2ccc(C(=O)Nc3nn(Cc4ccc(Cl)cc4)cc3Cl)o2)cc1. The predicted molar refractivity (Wildman–Crippen MR) is 127 cm³/mol. The molecule has 4 aromatic rings. The van der Waals surface area contributed by atoms with Crippen LogP contribution in [0.5, 0.6) is 5.75 Å². The van der Waals surface area contributed by atoms with Crippen LogP contribution in [0.4, 0.5) is 5.82 Å². The molecule has 0 radical (unpaired) electrons. The van der Waals surface area contributed by atoms with Crippen LogP contribution in [0, 0.1) is 0 Å². The van der Waals surface area contributed by atoms with Gasteiger partial charge >= 0.3 is 5.97 Å². The second kappa shape index (κ2) is 10.5. The lowest BCUT2D eigenvalue weighted by Gasteiger charge is -2.05. The van der Waals surface area contributed by atoms with Gasteiger partial charge < -0.3 is 19.2 Å². The van der Waals surface area contributed by atoms with Crippen molar-refractivity contribution in [2.24, 2.45) is 0 Å². The summed E-state index contributed by atoms with van der Waals surface area (Å²) in [6.45, 7) is 0.566. The molecule has 0 bridgehead atoms. The number of hydrogen-bond acceptors (Lipinski definition) is 6. The first kappa shape index (κ1) is 23.4. The Morgan fingerprint density at radius 1 is 1.03 bits per heavy atom. The molecule has 0 aliphatic rings. The highest BCUT2D eigenvalue weighted by Crippen LogP contribution is 2.22. The van der Waals surface area contributed by atoms with Crippen molar-refractivity contribution in [2.45, 2.75) is 13.2 Å². The molecule has 1 amide bonds. The van der Waals surface area contributed by atoms with Crippen molar-refractivity contribution in [1.29, 1.82) is 0 Å². The van der Waals surface area contributed by atoms with Crippen molar-refractivity contribution < 1.29 is 23.5 Å². The van der Waals surface area contributed by atoms with Gasteiger partial charge in [0.15, 0.2) is 11.6 Å². The number of benzene rings is 2. The minimum absolute atomic E-state index is 0.0861. The van der Waals surface area contributed by atoms with Gasteiger partial charge in [0.1, 0.15) is 23.1 Å². The second-order valence-electron chi connectivity index (χ2n) is 7.17. The van der Waals surface area contributed by atoms with Gasteiger partial charge in [0.05, 0.1) is 19.2 Å². The van der Waals surface area contributed by atoms with Gasteiger partial charge in [-0.1, -0.05) is 35.3 Å². The zero-order chi connectivity index (χ0) is 24.1. The van der Waals surface area contributed by atoms with Crippen LogP contribution in [0.25, 0.3) is 0 Å². The lowest BCUT2D eigenvalue weighted by Crippen LogP contribution is -2.12. The van der Waals surface area contributed by atoms with E-state index >= 15 is 0 Å². The van der Waals surface area contributed by atoms with Crippen molar-refractivity contribution in [3.05, 3.63) is 99.6 Å². The van der Waals surface area contributed by atoms with E-state index < -0.39 is 11.9 Å². The number of anilines is 1. The Morgan fingerprint density at radius 2 is 1.76 bits per heavy atom. The number of methoxy groups -OCH3 is 1. The fraction of sp³-hybridized carbons (Fsp3) is 0.125. The third kappa shape index (κ3) is 5.78. The lowest BCUT2D eigenvalue weighted by molar-refractivity contribution is 0.0600. The number of hydrogen-bond donors (Lipinski definition) is 1. The minimum Gasteiger partial charge on any atom is -0.486 e. The Balaban J connectivity index is 1.34. The van der Waals surface area contributed by atoms with E-state index in [1.807, 2.05) is 12.1 Å². The molecule has 2 heterocycles. The normalized spacial score (nSPS) is 10.7. The summed E-state index contributed by atoms with van der Waals surface area (Å²) in [6, 6.07) is 17.0. The zero-order valence-corrected chi connectivity index (χ0v) is 19.5. The number of amides is 1.